The van der Waals surface area contributed by atoms with E-state index >= 15 is 0 Å². The first-order valence-electron chi connectivity index (χ1n) is 7.78. The van der Waals surface area contributed by atoms with Crippen LogP contribution in [0.1, 0.15) is 12.0 Å². The zero-order valence-corrected chi connectivity index (χ0v) is 16.1. The van der Waals surface area contributed by atoms with Gasteiger partial charge in [-0.2, -0.15) is 0 Å². The van der Waals surface area contributed by atoms with Crippen LogP contribution in [0, 0.1) is 6.92 Å². The molecule has 0 aromatic heterocycles. The summed E-state index contributed by atoms with van der Waals surface area (Å²) >= 11 is 13.0. The molecule has 2 amide bonds. The van der Waals surface area contributed by atoms with E-state index in [4.69, 9.17) is 23.2 Å². The monoisotopic (exact) mass is 407 g/mol. The molecule has 0 unspecified atom stereocenters. The van der Waals surface area contributed by atoms with Gasteiger partial charge in [0.25, 0.3) is 0 Å². The molecule has 1 heterocycles. The molecule has 134 valence electrons. The molecule has 0 aliphatic carbocycles. The van der Waals surface area contributed by atoms with Crippen LogP contribution in [-0.4, -0.2) is 22.2 Å². The van der Waals surface area contributed by atoms with Gasteiger partial charge in [0, 0.05) is 12.1 Å². The number of carbonyl (C=O) groups is 2. The fourth-order valence-electron chi connectivity index (χ4n) is 2.28. The third-order valence-corrected chi connectivity index (χ3v) is 5.44. The SMILES string of the molecule is Cc1ccc(N=C2NC(=O)C[C@H](C(=O)Nc3ccc(Cl)c(Cl)c3)S2)cc1. The fraction of sp³-hybridized carbons (Fsp3) is 0.167. The lowest BCUT2D eigenvalue weighted by Crippen LogP contribution is -2.41. The number of nitrogens with one attached hydrogen (secondary N) is 2. The first-order valence-corrected chi connectivity index (χ1v) is 9.42. The molecule has 1 aliphatic heterocycles. The van der Waals surface area contributed by atoms with Gasteiger partial charge in [0.2, 0.25) is 11.8 Å². The standard InChI is InChI=1S/C18H15Cl2N3O2S/c1-10-2-4-11(5-3-10)22-18-23-16(24)9-15(26-18)17(25)21-12-6-7-13(19)14(20)8-12/h2-8,15H,9H2,1H3,(H,21,25)(H,22,23,24)/t15-/m1/s1. The number of carbonyl (C=O) groups excluding carboxylic acids is 2. The van der Waals surface area contributed by atoms with Gasteiger partial charge in [0.15, 0.2) is 5.17 Å². The Morgan fingerprint density at radius 1 is 1.19 bits per heavy atom. The summed E-state index contributed by atoms with van der Waals surface area (Å²) in [5.41, 5.74) is 2.35. The van der Waals surface area contributed by atoms with E-state index in [0.29, 0.717) is 26.6 Å². The Bertz CT molecular complexity index is 885. The lowest BCUT2D eigenvalue weighted by atomic mass is 10.2. The van der Waals surface area contributed by atoms with Crippen molar-refractivity contribution in [2.24, 2.45) is 4.99 Å². The number of amidine groups is 1. The van der Waals surface area contributed by atoms with Crippen molar-refractivity contribution < 1.29 is 9.59 Å². The number of halogens is 2. The first-order chi connectivity index (χ1) is 12.4. The largest absolute Gasteiger partial charge is 0.325 e. The molecule has 2 aromatic rings. The zero-order valence-electron chi connectivity index (χ0n) is 13.8. The molecule has 0 radical (unpaired) electrons. The van der Waals surface area contributed by atoms with Crippen molar-refractivity contribution in [1.82, 2.24) is 5.32 Å². The van der Waals surface area contributed by atoms with Crippen LogP contribution in [0.15, 0.2) is 47.5 Å². The molecule has 0 bridgehead atoms. The maximum Gasteiger partial charge on any atom is 0.238 e. The highest BCUT2D eigenvalue weighted by Gasteiger charge is 2.30. The first kappa shape index (κ1) is 18.8. The number of thioether (sulfide) groups is 1. The topological polar surface area (TPSA) is 70.6 Å². The molecule has 26 heavy (non-hydrogen) atoms. The van der Waals surface area contributed by atoms with Crippen LogP contribution in [0.2, 0.25) is 10.0 Å². The fourth-order valence-corrected chi connectivity index (χ4v) is 3.58. The zero-order chi connectivity index (χ0) is 18.7. The minimum atomic E-state index is -0.581. The minimum absolute atomic E-state index is 0.0741. The van der Waals surface area contributed by atoms with Crippen LogP contribution in [0.3, 0.4) is 0 Å². The van der Waals surface area contributed by atoms with Crippen molar-refractivity contribution in [2.45, 2.75) is 18.6 Å². The van der Waals surface area contributed by atoms with Crippen molar-refractivity contribution >= 4 is 63.3 Å². The van der Waals surface area contributed by atoms with E-state index in [2.05, 4.69) is 15.6 Å². The van der Waals surface area contributed by atoms with E-state index in [1.54, 1.807) is 18.2 Å². The van der Waals surface area contributed by atoms with Crippen LogP contribution in [0.5, 0.6) is 0 Å². The second kappa shape index (κ2) is 8.12. The van der Waals surface area contributed by atoms with Gasteiger partial charge in [-0.1, -0.05) is 52.7 Å². The van der Waals surface area contributed by atoms with Crippen LogP contribution < -0.4 is 10.6 Å². The molecular weight excluding hydrogens is 393 g/mol. The number of hydrogen-bond donors (Lipinski definition) is 2. The van der Waals surface area contributed by atoms with Gasteiger partial charge in [-0.05, 0) is 37.3 Å². The molecule has 2 aromatic carbocycles. The highest BCUT2D eigenvalue weighted by molar-refractivity contribution is 8.15. The highest BCUT2D eigenvalue weighted by atomic mass is 35.5. The van der Waals surface area contributed by atoms with Crippen LogP contribution in [0.25, 0.3) is 0 Å². The van der Waals surface area contributed by atoms with E-state index in [0.717, 1.165) is 5.56 Å². The molecule has 1 atom stereocenters. The average molecular weight is 408 g/mol. The smallest absolute Gasteiger partial charge is 0.238 e. The van der Waals surface area contributed by atoms with Crippen molar-refractivity contribution in [3.05, 3.63) is 58.1 Å². The summed E-state index contributed by atoms with van der Waals surface area (Å²) in [5, 5.41) is 6.03. The van der Waals surface area contributed by atoms with Gasteiger partial charge in [0.05, 0.1) is 15.7 Å². The Balaban J connectivity index is 1.72. The summed E-state index contributed by atoms with van der Waals surface area (Å²) < 4.78 is 0. The lowest BCUT2D eigenvalue weighted by molar-refractivity contribution is -0.123. The second-order valence-corrected chi connectivity index (χ2v) is 7.74. The lowest BCUT2D eigenvalue weighted by Gasteiger charge is -2.22. The number of rotatable bonds is 3. The molecule has 8 heteroatoms. The maximum absolute atomic E-state index is 12.5. The summed E-state index contributed by atoms with van der Waals surface area (Å²) in [6.45, 7) is 1.98. The number of aliphatic imine (C=N–C) groups is 1. The Kier molecular flexibility index (Phi) is 5.86. The van der Waals surface area contributed by atoms with Crippen LogP contribution in [-0.2, 0) is 9.59 Å². The minimum Gasteiger partial charge on any atom is -0.325 e. The molecule has 0 spiro atoms. The van der Waals surface area contributed by atoms with E-state index < -0.39 is 5.25 Å². The Morgan fingerprint density at radius 3 is 2.62 bits per heavy atom. The number of anilines is 1. The van der Waals surface area contributed by atoms with Gasteiger partial charge >= 0.3 is 0 Å². The molecule has 1 saturated heterocycles. The van der Waals surface area contributed by atoms with E-state index in [1.165, 1.54) is 11.8 Å². The molecule has 5 nitrogen and oxygen atoms in total. The number of nitrogens with zero attached hydrogens (tertiary/aromatic N) is 1. The summed E-state index contributed by atoms with van der Waals surface area (Å²) in [6.07, 6.45) is 0.0741. The summed E-state index contributed by atoms with van der Waals surface area (Å²) in [6, 6.07) is 12.4. The second-order valence-electron chi connectivity index (χ2n) is 5.73. The summed E-state index contributed by atoms with van der Waals surface area (Å²) in [5.74, 6) is -0.538. The summed E-state index contributed by atoms with van der Waals surface area (Å²) in [4.78, 5) is 28.9. The number of benzene rings is 2. The predicted molar refractivity (Wildman–Crippen MR) is 108 cm³/mol. The van der Waals surface area contributed by atoms with Crippen molar-refractivity contribution in [3.63, 3.8) is 0 Å². The Morgan fingerprint density at radius 2 is 1.92 bits per heavy atom. The average Bonchev–Trinajstić information content (AvgIpc) is 2.60. The highest BCUT2D eigenvalue weighted by Crippen LogP contribution is 2.27. The third-order valence-electron chi connectivity index (χ3n) is 3.62. The molecule has 2 N–H and O–H groups in total. The Hall–Kier alpha value is -2.02. The van der Waals surface area contributed by atoms with Gasteiger partial charge in [-0.15, -0.1) is 0 Å². The van der Waals surface area contributed by atoms with Crippen LogP contribution in [0.4, 0.5) is 11.4 Å². The van der Waals surface area contributed by atoms with Crippen LogP contribution >= 0.6 is 35.0 Å². The molecule has 3 rings (SSSR count). The van der Waals surface area contributed by atoms with Gasteiger partial charge in [-0.25, -0.2) is 4.99 Å². The van der Waals surface area contributed by atoms with Gasteiger partial charge < -0.3 is 10.6 Å². The molecule has 1 fully saturated rings. The third kappa shape index (κ3) is 4.78. The van der Waals surface area contributed by atoms with E-state index in [1.807, 2.05) is 31.2 Å². The van der Waals surface area contributed by atoms with E-state index in [-0.39, 0.29) is 18.2 Å². The quantitative estimate of drug-likeness (QED) is 0.783. The summed E-state index contributed by atoms with van der Waals surface area (Å²) in [7, 11) is 0. The van der Waals surface area contributed by atoms with Gasteiger partial charge in [0.1, 0.15) is 5.25 Å². The predicted octanol–water partition coefficient (Wildman–Crippen LogP) is 4.55. The normalized spacial score (nSPS) is 18.5. The molecule has 1 aliphatic rings. The Labute approximate surface area is 165 Å². The van der Waals surface area contributed by atoms with Gasteiger partial charge in [-0.3, -0.25) is 9.59 Å². The molecular formula is C18H15Cl2N3O2S. The maximum atomic E-state index is 12.5. The number of hydrogen-bond acceptors (Lipinski definition) is 4. The van der Waals surface area contributed by atoms with Crippen molar-refractivity contribution in [2.75, 3.05) is 5.32 Å². The van der Waals surface area contributed by atoms with E-state index in [9.17, 15) is 9.59 Å². The van der Waals surface area contributed by atoms with Crippen molar-refractivity contribution in [1.29, 1.82) is 0 Å². The van der Waals surface area contributed by atoms with Crippen molar-refractivity contribution in [3.8, 4) is 0 Å². The number of amides is 2. The molecule has 0 saturated carbocycles. The number of aryl methyl sites for hydroxylation is 1.